The Kier molecular flexibility index (Phi) is 3.05. The highest BCUT2D eigenvalue weighted by Crippen LogP contribution is 2.25. The number of aromatic nitrogens is 1. The summed E-state index contributed by atoms with van der Waals surface area (Å²) in [5.41, 5.74) is 1.49. The number of benzene rings is 1. The lowest BCUT2D eigenvalue weighted by atomic mass is 10.1. The normalized spacial score (nSPS) is 15.7. The summed E-state index contributed by atoms with van der Waals surface area (Å²) in [5.74, 6) is -0.993. The molecule has 0 unspecified atom stereocenters. The van der Waals surface area contributed by atoms with E-state index >= 15 is 0 Å². The number of nitrogens with zero attached hydrogens (tertiary/aromatic N) is 2. The van der Waals surface area contributed by atoms with E-state index in [1.165, 1.54) is 0 Å². The Morgan fingerprint density at radius 1 is 1.26 bits per heavy atom. The molecule has 2 aromatic rings. The van der Waals surface area contributed by atoms with Crippen LogP contribution in [0, 0.1) is 0 Å². The van der Waals surface area contributed by atoms with Gasteiger partial charge in [-0.25, -0.2) is 9.78 Å². The van der Waals surface area contributed by atoms with E-state index in [1.54, 1.807) is 0 Å². The summed E-state index contributed by atoms with van der Waals surface area (Å²) >= 11 is 0. The number of carboxylic acids is 1. The number of aromatic carboxylic acids is 1. The second kappa shape index (κ2) is 4.85. The lowest BCUT2D eigenvalue weighted by Gasteiger charge is -2.29. The molecule has 0 radical (unpaired) electrons. The molecule has 1 N–H and O–H groups in total. The first-order valence-electron chi connectivity index (χ1n) is 6.21. The maximum Gasteiger partial charge on any atom is 0.356 e. The van der Waals surface area contributed by atoms with Crippen molar-refractivity contribution in [3.8, 4) is 0 Å². The zero-order valence-electron chi connectivity index (χ0n) is 10.4. The van der Waals surface area contributed by atoms with Gasteiger partial charge in [-0.1, -0.05) is 18.2 Å². The molecule has 0 bridgehead atoms. The van der Waals surface area contributed by atoms with Gasteiger partial charge in [0.1, 0.15) is 0 Å². The van der Waals surface area contributed by atoms with Crippen LogP contribution in [-0.4, -0.2) is 42.4 Å². The van der Waals surface area contributed by atoms with Crippen molar-refractivity contribution >= 4 is 22.6 Å². The Morgan fingerprint density at radius 3 is 2.74 bits per heavy atom. The molecule has 1 aromatic heterocycles. The molecule has 1 aromatic carbocycles. The van der Waals surface area contributed by atoms with Crippen molar-refractivity contribution in [1.29, 1.82) is 0 Å². The summed E-state index contributed by atoms with van der Waals surface area (Å²) < 4.78 is 5.30. The summed E-state index contributed by atoms with van der Waals surface area (Å²) in [7, 11) is 0. The molecular weight excluding hydrogens is 244 g/mol. The Morgan fingerprint density at radius 2 is 2.00 bits per heavy atom. The third-order valence-electron chi connectivity index (χ3n) is 3.26. The fourth-order valence-corrected chi connectivity index (χ4v) is 2.31. The molecule has 1 saturated heterocycles. The molecular formula is C14H14N2O3. The molecule has 98 valence electrons. The molecule has 1 aliphatic rings. The van der Waals surface area contributed by atoms with Crippen LogP contribution >= 0.6 is 0 Å². The van der Waals surface area contributed by atoms with Crippen LogP contribution in [0.1, 0.15) is 10.5 Å². The number of para-hydroxylation sites is 1. The van der Waals surface area contributed by atoms with Crippen LogP contribution in [0.5, 0.6) is 0 Å². The second-order valence-electron chi connectivity index (χ2n) is 4.45. The Balaban J connectivity index is 2.14. The minimum atomic E-state index is -0.993. The number of pyridine rings is 1. The third-order valence-corrected chi connectivity index (χ3v) is 3.26. The van der Waals surface area contributed by atoms with E-state index < -0.39 is 5.97 Å². The van der Waals surface area contributed by atoms with E-state index in [0.717, 1.165) is 5.39 Å². The zero-order chi connectivity index (χ0) is 13.2. The number of fused-ring (bicyclic) bond motifs is 1. The topological polar surface area (TPSA) is 62.7 Å². The Bertz CT molecular complexity index is 621. The van der Waals surface area contributed by atoms with E-state index in [2.05, 4.69) is 4.98 Å². The SMILES string of the molecule is O=C(O)c1nc2ccccc2cc1N1CCOCC1. The molecule has 2 heterocycles. The van der Waals surface area contributed by atoms with Gasteiger partial charge in [-0.15, -0.1) is 0 Å². The van der Waals surface area contributed by atoms with Crippen LogP contribution in [0.15, 0.2) is 30.3 Å². The van der Waals surface area contributed by atoms with Gasteiger partial charge in [-0.2, -0.15) is 0 Å². The van der Waals surface area contributed by atoms with Gasteiger partial charge in [-0.05, 0) is 12.1 Å². The molecule has 0 amide bonds. The fraction of sp³-hybridized carbons (Fsp3) is 0.286. The lowest BCUT2D eigenvalue weighted by molar-refractivity contribution is 0.0690. The predicted octanol–water partition coefficient (Wildman–Crippen LogP) is 1.77. The van der Waals surface area contributed by atoms with Gasteiger partial charge in [0.05, 0.1) is 24.4 Å². The fourth-order valence-electron chi connectivity index (χ4n) is 2.31. The Labute approximate surface area is 110 Å². The quantitative estimate of drug-likeness (QED) is 0.889. The first-order valence-corrected chi connectivity index (χ1v) is 6.21. The minimum absolute atomic E-state index is 0.112. The standard InChI is InChI=1S/C14H14N2O3/c17-14(18)13-12(16-5-7-19-8-6-16)9-10-3-1-2-4-11(10)15-13/h1-4,9H,5-8H2,(H,17,18). The van der Waals surface area contributed by atoms with Crippen LogP contribution in [0.25, 0.3) is 10.9 Å². The van der Waals surface area contributed by atoms with Crippen molar-refractivity contribution < 1.29 is 14.6 Å². The summed E-state index contributed by atoms with van der Waals surface area (Å²) in [6.45, 7) is 2.62. The van der Waals surface area contributed by atoms with Gasteiger partial charge >= 0.3 is 5.97 Å². The number of carbonyl (C=O) groups is 1. The van der Waals surface area contributed by atoms with Crippen molar-refractivity contribution in [2.45, 2.75) is 0 Å². The summed E-state index contributed by atoms with van der Waals surface area (Å²) in [6, 6.07) is 9.45. The molecule has 0 aliphatic carbocycles. The smallest absolute Gasteiger partial charge is 0.356 e. The number of anilines is 1. The van der Waals surface area contributed by atoms with Gasteiger partial charge in [0.15, 0.2) is 5.69 Å². The highest BCUT2D eigenvalue weighted by molar-refractivity contribution is 5.97. The lowest BCUT2D eigenvalue weighted by Crippen LogP contribution is -2.37. The molecule has 5 heteroatoms. The van der Waals surface area contributed by atoms with E-state index in [4.69, 9.17) is 4.74 Å². The highest BCUT2D eigenvalue weighted by Gasteiger charge is 2.20. The minimum Gasteiger partial charge on any atom is -0.476 e. The summed E-state index contributed by atoms with van der Waals surface area (Å²) in [4.78, 5) is 17.7. The van der Waals surface area contributed by atoms with Crippen molar-refractivity contribution in [1.82, 2.24) is 4.98 Å². The second-order valence-corrected chi connectivity index (χ2v) is 4.45. The maximum absolute atomic E-state index is 11.4. The number of morpholine rings is 1. The van der Waals surface area contributed by atoms with Crippen LogP contribution in [-0.2, 0) is 4.74 Å². The van der Waals surface area contributed by atoms with Gasteiger partial charge in [0.2, 0.25) is 0 Å². The molecule has 0 spiro atoms. The van der Waals surface area contributed by atoms with E-state index in [-0.39, 0.29) is 5.69 Å². The van der Waals surface area contributed by atoms with Crippen LogP contribution in [0.3, 0.4) is 0 Å². The average Bonchev–Trinajstić information content (AvgIpc) is 2.46. The largest absolute Gasteiger partial charge is 0.476 e. The van der Waals surface area contributed by atoms with Gasteiger partial charge in [0.25, 0.3) is 0 Å². The summed E-state index contributed by atoms with van der Waals surface area (Å²) in [5, 5.41) is 10.3. The van der Waals surface area contributed by atoms with E-state index in [0.29, 0.717) is 37.5 Å². The predicted molar refractivity (Wildman–Crippen MR) is 71.7 cm³/mol. The van der Waals surface area contributed by atoms with Crippen LogP contribution < -0.4 is 4.90 Å². The number of carboxylic acid groups (broad SMARTS) is 1. The number of hydrogen-bond acceptors (Lipinski definition) is 4. The van der Waals surface area contributed by atoms with E-state index in [1.807, 2.05) is 35.2 Å². The zero-order valence-corrected chi connectivity index (χ0v) is 10.4. The van der Waals surface area contributed by atoms with Gasteiger partial charge < -0.3 is 14.7 Å². The Hall–Kier alpha value is -2.14. The van der Waals surface area contributed by atoms with Crippen molar-refractivity contribution in [2.24, 2.45) is 0 Å². The van der Waals surface area contributed by atoms with E-state index in [9.17, 15) is 9.90 Å². The molecule has 1 fully saturated rings. The molecule has 1 aliphatic heterocycles. The average molecular weight is 258 g/mol. The molecule has 0 atom stereocenters. The number of hydrogen-bond donors (Lipinski definition) is 1. The molecule has 0 saturated carbocycles. The first-order chi connectivity index (χ1) is 9.25. The highest BCUT2D eigenvalue weighted by atomic mass is 16.5. The van der Waals surface area contributed by atoms with Crippen LogP contribution in [0.4, 0.5) is 5.69 Å². The van der Waals surface area contributed by atoms with Crippen molar-refractivity contribution in [3.63, 3.8) is 0 Å². The van der Waals surface area contributed by atoms with Gasteiger partial charge in [0, 0.05) is 18.5 Å². The maximum atomic E-state index is 11.4. The van der Waals surface area contributed by atoms with Crippen LogP contribution in [0.2, 0.25) is 0 Å². The van der Waals surface area contributed by atoms with Crippen molar-refractivity contribution in [3.05, 3.63) is 36.0 Å². The molecule has 3 rings (SSSR count). The number of ether oxygens (including phenoxy) is 1. The first kappa shape index (κ1) is 11.9. The molecule has 19 heavy (non-hydrogen) atoms. The summed E-state index contributed by atoms with van der Waals surface area (Å²) in [6.07, 6.45) is 0. The molecule has 5 nitrogen and oxygen atoms in total. The number of rotatable bonds is 2. The van der Waals surface area contributed by atoms with Gasteiger partial charge in [-0.3, -0.25) is 0 Å². The van der Waals surface area contributed by atoms with Crippen molar-refractivity contribution in [2.75, 3.05) is 31.2 Å². The third kappa shape index (κ3) is 2.24. The monoisotopic (exact) mass is 258 g/mol.